The van der Waals surface area contributed by atoms with Crippen molar-refractivity contribution >= 4 is 0 Å². The van der Waals surface area contributed by atoms with E-state index >= 15 is 0 Å². The van der Waals surface area contributed by atoms with Crippen molar-refractivity contribution in [2.24, 2.45) is 0 Å². The quantitative estimate of drug-likeness (QED) is 0.231. The number of pyridine rings is 2. The Morgan fingerprint density at radius 1 is 0.533 bits per heavy atom. The number of rotatable bonds is 15. The van der Waals surface area contributed by atoms with Crippen molar-refractivity contribution in [1.29, 1.82) is 0 Å². The first kappa shape index (κ1) is 29.3. The molecule has 4 heteroatoms. The molecule has 0 N–H and O–H groups in total. The number of unbranched alkanes of at least 4 members (excludes halogenated alkanes) is 10. The van der Waals surface area contributed by atoms with E-state index in [9.17, 15) is 0 Å². The SMILES string of the molecule is CCCCCCCC[n+]1cccc(-c2ccc[n+](CCCCCCCC)c2)c1.[Br-].[Br-]. The minimum atomic E-state index is 0. The predicted octanol–water partition coefficient (Wildman–Crippen LogP) is 0.658. The Morgan fingerprint density at radius 2 is 0.900 bits per heavy atom. The van der Waals surface area contributed by atoms with Gasteiger partial charge in [-0.3, -0.25) is 0 Å². The van der Waals surface area contributed by atoms with Gasteiger partial charge >= 0.3 is 0 Å². The van der Waals surface area contributed by atoms with Crippen LogP contribution in [0.2, 0.25) is 0 Å². The van der Waals surface area contributed by atoms with Gasteiger partial charge in [0, 0.05) is 25.0 Å². The monoisotopic (exact) mass is 540 g/mol. The van der Waals surface area contributed by atoms with E-state index in [0.29, 0.717) is 0 Å². The average molecular weight is 542 g/mol. The lowest BCUT2D eigenvalue weighted by atomic mass is 10.1. The number of hydrogen-bond donors (Lipinski definition) is 0. The van der Waals surface area contributed by atoms with E-state index in [2.05, 4.69) is 72.0 Å². The Labute approximate surface area is 206 Å². The minimum absolute atomic E-state index is 0. The largest absolute Gasteiger partial charge is 1.00 e. The van der Waals surface area contributed by atoms with Crippen molar-refractivity contribution in [1.82, 2.24) is 0 Å². The Bertz CT molecular complexity index is 603. The average Bonchev–Trinajstić information content (AvgIpc) is 2.73. The van der Waals surface area contributed by atoms with Crippen molar-refractivity contribution in [2.75, 3.05) is 0 Å². The Morgan fingerprint density at radius 3 is 1.30 bits per heavy atom. The zero-order valence-electron chi connectivity index (χ0n) is 19.2. The zero-order chi connectivity index (χ0) is 19.9. The summed E-state index contributed by atoms with van der Waals surface area (Å²) < 4.78 is 4.72. The van der Waals surface area contributed by atoms with Crippen LogP contribution in [0.5, 0.6) is 0 Å². The summed E-state index contributed by atoms with van der Waals surface area (Å²) in [5, 5.41) is 0. The maximum atomic E-state index is 2.36. The molecule has 0 unspecified atom stereocenters. The second-order valence-corrected chi connectivity index (χ2v) is 8.20. The van der Waals surface area contributed by atoms with Gasteiger partial charge in [-0.05, 0) is 25.0 Å². The van der Waals surface area contributed by atoms with Crippen LogP contribution in [0, 0.1) is 0 Å². The lowest BCUT2D eigenvalue weighted by Gasteiger charge is -2.03. The summed E-state index contributed by atoms with van der Waals surface area (Å²) in [7, 11) is 0. The van der Waals surface area contributed by atoms with Crippen molar-refractivity contribution in [3.63, 3.8) is 0 Å². The van der Waals surface area contributed by atoms with E-state index in [-0.39, 0.29) is 34.0 Å². The molecule has 0 aromatic carbocycles. The minimum Gasteiger partial charge on any atom is -1.00 e. The third-order valence-corrected chi connectivity index (χ3v) is 5.59. The molecule has 0 saturated heterocycles. The third kappa shape index (κ3) is 12.2. The highest BCUT2D eigenvalue weighted by atomic mass is 79.9. The Kier molecular flexibility index (Phi) is 18.5. The summed E-state index contributed by atoms with van der Waals surface area (Å²) >= 11 is 0. The van der Waals surface area contributed by atoms with Crippen LogP contribution in [0.15, 0.2) is 49.1 Å². The Balaban J connectivity index is 0.00000420. The van der Waals surface area contributed by atoms with Crippen LogP contribution >= 0.6 is 0 Å². The van der Waals surface area contributed by atoms with Crippen molar-refractivity contribution < 1.29 is 43.1 Å². The first-order valence-corrected chi connectivity index (χ1v) is 11.8. The van der Waals surface area contributed by atoms with Crippen LogP contribution in [-0.2, 0) is 13.1 Å². The first-order chi connectivity index (χ1) is 13.8. The molecule has 0 aliphatic carbocycles. The molecular formula is C26H42Br2N2. The third-order valence-electron chi connectivity index (χ3n) is 5.59. The molecule has 0 amide bonds. The smallest absolute Gasteiger partial charge is 0.176 e. The second kappa shape index (κ2) is 19.0. The van der Waals surface area contributed by atoms with Crippen LogP contribution in [0.3, 0.4) is 0 Å². The lowest BCUT2D eigenvalue weighted by Crippen LogP contribution is -3.00. The molecule has 0 fully saturated rings. The number of halogens is 2. The molecule has 2 nitrogen and oxygen atoms in total. The molecule has 170 valence electrons. The maximum absolute atomic E-state index is 2.36. The van der Waals surface area contributed by atoms with Crippen LogP contribution in [0.1, 0.15) is 90.9 Å². The molecule has 2 aromatic heterocycles. The second-order valence-electron chi connectivity index (χ2n) is 8.20. The summed E-state index contributed by atoms with van der Waals surface area (Å²) in [4.78, 5) is 0. The molecule has 30 heavy (non-hydrogen) atoms. The van der Waals surface area contributed by atoms with Crippen LogP contribution in [0.25, 0.3) is 11.1 Å². The Hall–Kier alpha value is -0.740. The summed E-state index contributed by atoms with van der Waals surface area (Å²) in [6, 6.07) is 8.86. The standard InChI is InChI=1S/C26H42N2.2BrH/c1-3-5-7-9-11-13-19-27-21-15-17-25(23-27)26-18-16-22-28(24-26)20-14-12-10-8-6-4-2;;/h15-18,21-24H,3-14,19-20H2,1-2H3;2*1H/q+2;;/p-2. The fourth-order valence-corrected chi connectivity index (χ4v) is 3.81. The molecule has 0 atom stereocenters. The fraction of sp³-hybridized carbons (Fsp3) is 0.615. The number of aryl methyl sites for hydroxylation is 2. The van der Waals surface area contributed by atoms with E-state index in [1.165, 1.54) is 88.2 Å². The number of aromatic nitrogens is 2. The highest BCUT2D eigenvalue weighted by molar-refractivity contribution is 5.59. The number of hydrogen-bond acceptors (Lipinski definition) is 0. The van der Waals surface area contributed by atoms with Gasteiger partial charge in [-0.15, -0.1) is 0 Å². The van der Waals surface area contributed by atoms with Crippen molar-refractivity contribution in [2.45, 2.75) is 104 Å². The van der Waals surface area contributed by atoms with Gasteiger partial charge < -0.3 is 34.0 Å². The fourth-order valence-electron chi connectivity index (χ4n) is 3.81. The number of nitrogens with zero attached hydrogens (tertiary/aromatic N) is 2. The molecule has 0 bridgehead atoms. The van der Waals surface area contributed by atoms with Gasteiger partial charge in [-0.2, -0.15) is 0 Å². The van der Waals surface area contributed by atoms with E-state index < -0.39 is 0 Å². The van der Waals surface area contributed by atoms with Gasteiger partial charge in [0.15, 0.2) is 24.8 Å². The molecule has 0 radical (unpaired) electrons. The summed E-state index contributed by atoms with van der Waals surface area (Å²) in [6.45, 7) is 6.82. The summed E-state index contributed by atoms with van der Waals surface area (Å²) in [6.07, 6.45) is 25.3. The molecule has 0 spiro atoms. The highest BCUT2D eigenvalue weighted by Crippen LogP contribution is 2.15. The predicted molar refractivity (Wildman–Crippen MR) is 119 cm³/mol. The highest BCUT2D eigenvalue weighted by Gasteiger charge is 2.09. The van der Waals surface area contributed by atoms with E-state index in [4.69, 9.17) is 0 Å². The first-order valence-electron chi connectivity index (χ1n) is 11.8. The van der Waals surface area contributed by atoms with Gasteiger partial charge in [0.1, 0.15) is 13.1 Å². The molecule has 0 aliphatic heterocycles. The molecule has 0 saturated carbocycles. The van der Waals surface area contributed by atoms with Gasteiger partial charge in [0.2, 0.25) is 0 Å². The lowest BCUT2D eigenvalue weighted by molar-refractivity contribution is -0.698. The van der Waals surface area contributed by atoms with E-state index in [0.717, 1.165) is 13.1 Å². The molecule has 2 heterocycles. The van der Waals surface area contributed by atoms with Crippen LogP contribution < -0.4 is 43.1 Å². The van der Waals surface area contributed by atoms with Gasteiger partial charge in [0.25, 0.3) is 0 Å². The summed E-state index contributed by atoms with van der Waals surface area (Å²) in [5.74, 6) is 0. The molecule has 2 aromatic rings. The van der Waals surface area contributed by atoms with Crippen LogP contribution in [-0.4, -0.2) is 0 Å². The topological polar surface area (TPSA) is 7.76 Å². The van der Waals surface area contributed by atoms with Gasteiger partial charge in [-0.1, -0.05) is 65.2 Å². The van der Waals surface area contributed by atoms with E-state index in [1.807, 2.05) is 0 Å². The van der Waals surface area contributed by atoms with Gasteiger partial charge in [-0.25, -0.2) is 9.13 Å². The van der Waals surface area contributed by atoms with Crippen molar-refractivity contribution in [3.05, 3.63) is 49.1 Å². The zero-order valence-corrected chi connectivity index (χ0v) is 22.3. The molecule has 0 aliphatic rings. The van der Waals surface area contributed by atoms with Gasteiger partial charge in [0.05, 0.1) is 11.1 Å². The molecular weight excluding hydrogens is 500 g/mol. The van der Waals surface area contributed by atoms with E-state index in [1.54, 1.807) is 0 Å². The maximum Gasteiger partial charge on any atom is 0.176 e. The molecule has 2 rings (SSSR count). The normalized spacial score (nSPS) is 10.3. The van der Waals surface area contributed by atoms with Crippen molar-refractivity contribution in [3.8, 4) is 11.1 Å². The van der Waals surface area contributed by atoms with Crippen LogP contribution in [0.4, 0.5) is 0 Å². The summed E-state index contributed by atoms with van der Waals surface area (Å²) in [5.41, 5.74) is 2.65.